The van der Waals surface area contributed by atoms with Gasteiger partial charge in [-0.1, -0.05) is 74.6 Å². The van der Waals surface area contributed by atoms with E-state index in [2.05, 4.69) is 10.6 Å². The van der Waals surface area contributed by atoms with Crippen LogP contribution in [0, 0.1) is 5.92 Å². The van der Waals surface area contributed by atoms with Crippen LogP contribution < -0.4 is 15.5 Å². The van der Waals surface area contributed by atoms with Crippen LogP contribution in [0.5, 0.6) is 0 Å². The summed E-state index contributed by atoms with van der Waals surface area (Å²) in [7, 11) is 1.78. The third-order valence-electron chi connectivity index (χ3n) is 6.11. The maximum atomic E-state index is 12.8. The highest BCUT2D eigenvalue weighted by Crippen LogP contribution is 2.27. The Hall–Kier alpha value is -2.73. The van der Waals surface area contributed by atoms with E-state index in [0.717, 1.165) is 12.8 Å². The Labute approximate surface area is 196 Å². The molecular weight excluding hydrogens is 418 g/mol. The molecule has 0 aliphatic heterocycles. The average Bonchev–Trinajstić information content (AvgIpc) is 2.83. The fraction of sp³-hybridized carbons (Fsp3) is 0.423. The first-order valence-corrected chi connectivity index (χ1v) is 11.9. The van der Waals surface area contributed by atoms with Crippen molar-refractivity contribution in [3.63, 3.8) is 0 Å². The van der Waals surface area contributed by atoms with Gasteiger partial charge in [0.2, 0.25) is 5.91 Å². The first-order chi connectivity index (χ1) is 15.5. The van der Waals surface area contributed by atoms with Crippen LogP contribution in [-0.4, -0.2) is 30.5 Å². The van der Waals surface area contributed by atoms with Crippen LogP contribution in [0.3, 0.4) is 0 Å². The number of nitrogens with one attached hydrogen (secondary N) is 2. The first-order valence-electron chi connectivity index (χ1n) is 11.5. The molecule has 32 heavy (non-hydrogen) atoms. The lowest BCUT2D eigenvalue weighted by Crippen LogP contribution is -2.41. The summed E-state index contributed by atoms with van der Waals surface area (Å²) in [4.78, 5) is 26.9. The van der Waals surface area contributed by atoms with E-state index in [-0.39, 0.29) is 11.8 Å². The van der Waals surface area contributed by atoms with Gasteiger partial charge in [-0.2, -0.15) is 0 Å². The molecule has 5 nitrogen and oxygen atoms in total. The minimum absolute atomic E-state index is 0.0581. The van der Waals surface area contributed by atoms with Crippen molar-refractivity contribution < 1.29 is 9.59 Å². The second kappa shape index (κ2) is 12.3. The monoisotopic (exact) mass is 451 g/mol. The van der Waals surface area contributed by atoms with Crippen LogP contribution in [-0.2, 0) is 11.2 Å². The third-order valence-corrected chi connectivity index (χ3v) is 6.48. The Bertz CT molecular complexity index is 910. The van der Waals surface area contributed by atoms with E-state index in [4.69, 9.17) is 12.2 Å². The Balaban J connectivity index is 1.52. The smallest absolute Gasteiger partial charge is 0.253 e. The lowest BCUT2D eigenvalue weighted by Gasteiger charge is -2.24. The highest BCUT2D eigenvalue weighted by atomic mass is 32.1. The third kappa shape index (κ3) is 7.16. The Morgan fingerprint density at radius 3 is 2.44 bits per heavy atom. The Kier molecular flexibility index (Phi) is 9.23. The van der Waals surface area contributed by atoms with E-state index in [9.17, 15) is 9.59 Å². The second-order valence-electron chi connectivity index (χ2n) is 8.46. The van der Waals surface area contributed by atoms with Crippen molar-refractivity contribution in [2.75, 3.05) is 18.5 Å². The predicted molar refractivity (Wildman–Crippen MR) is 134 cm³/mol. The molecule has 0 atom stereocenters. The zero-order chi connectivity index (χ0) is 22.8. The van der Waals surface area contributed by atoms with Crippen LogP contribution in [0.15, 0.2) is 54.6 Å². The summed E-state index contributed by atoms with van der Waals surface area (Å²) in [6, 6.07) is 17.4. The zero-order valence-electron chi connectivity index (χ0n) is 18.8. The highest BCUT2D eigenvalue weighted by molar-refractivity contribution is 7.80. The van der Waals surface area contributed by atoms with E-state index >= 15 is 0 Å². The first kappa shape index (κ1) is 23.9. The van der Waals surface area contributed by atoms with Gasteiger partial charge in [0, 0.05) is 20.0 Å². The summed E-state index contributed by atoms with van der Waals surface area (Å²) in [5.41, 5.74) is 2.37. The van der Waals surface area contributed by atoms with Gasteiger partial charge in [0.15, 0.2) is 5.11 Å². The second-order valence-corrected chi connectivity index (χ2v) is 8.85. The van der Waals surface area contributed by atoms with Gasteiger partial charge in [-0.05, 0) is 48.7 Å². The standard InChI is InChI=1S/C26H33N3O2S/c1-29(26(32)28-24(30)17-16-20-10-4-2-5-11-20)23-15-9-8-14-22(23)25(31)27-19-18-21-12-6-3-7-13-21/h3,6-9,12-15,20H,2,4-5,10-11,16-19H2,1H3,(H,27,31)(H,28,30,32). The fourth-order valence-electron chi connectivity index (χ4n) is 4.20. The summed E-state index contributed by atoms with van der Waals surface area (Å²) < 4.78 is 0. The molecule has 0 spiro atoms. The van der Waals surface area contributed by atoms with Gasteiger partial charge in [0.1, 0.15) is 0 Å². The average molecular weight is 452 g/mol. The van der Waals surface area contributed by atoms with Crippen molar-refractivity contribution >= 4 is 34.8 Å². The van der Waals surface area contributed by atoms with Gasteiger partial charge >= 0.3 is 0 Å². The minimum Gasteiger partial charge on any atom is -0.352 e. The van der Waals surface area contributed by atoms with Gasteiger partial charge in [-0.25, -0.2) is 0 Å². The van der Waals surface area contributed by atoms with Crippen molar-refractivity contribution in [2.45, 2.75) is 51.4 Å². The molecule has 1 aliphatic rings. The number of hydrogen-bond acceptors (Lipinski definition) is 3. The number of carbonyl (C=O) groups is 2. The number of carbonyl (C=O) groups excluding carboxylic acids is 2. The largest absolute Gasteiger partial charge is 0.352 e. The summed E-state index contributed by atoms with van der Waals surface area (Å²) in [5, 5.41) is 6.13. The minimum atomic E-state index is -0.158. The summed E-state index contributed by atoms with van der Waals surface area (Å²) >= 11 is 5.47. The lowest BCUT2D eigenvalue weighted by molar-refractivity contribution is -0.120. The molecule has 1 saturated carbocycles. The quantitative estimate of drug-likeness (QED) is 0.563. The maximum absolute atomic E-state index is 12.8. The number of nitrogens with zero attached hydrogens (tertiary/aromatic N) is 1. The number of thiocarbonyl (C=S) groups is 1. The van der Waals surface area contributed by atoms with Gasteiger partial charge in [0.25, 0.3) is 5.91 Å². The van der Waals surface area contributed by atoms with Crippen molar-refractivity contribution in [3.8, 4) is 0 Å². The molecule has 6 heteroatoms. The maximum Gasteiger partial charge on any atom is 0.253 e. The molecule has 1 aliphatic carbocycles. The van der Waals surface area contributed by atoms with E-state index in [0.29, 0.717) is 35.2 Å². The summed E-state index contributed by atoms with van der Waals surface area (Å²) in [6.45, 7) is 0.545. The SMILES string of the molecule is CN(C(=S)NC(=O)CCC1CCCCC1)c1ccccc1C(=O)NCCc1ccccc1. The molecular formula is C26H33N3O2S. The predicted octanol–water partition coefficient (Wildman–Crippen LogP) is 4.86. The number of benzene rings is 2. The summed E-state index contributed by atoms with van der Waals surface area (Å²) in [5.74, 6) is 0.438. The zero-order valence-corrected chi connectivity index (χ0v) is 19.6. The number of rotatable bonds is 8. The highest BCUT2D eigenvalue weighted by Gasteiger charge is 2.19. The molecule has 2 aromatic rings. The van der Waals surface area contributed by atoms with Crippen LogP contribution in [0.2, 0.25) is 0 Å². The number of anilines is 1. The van der Waals surface area contributed by atoms with E-state index in [1.54, 1.807) is 18.0 Å². The van der Waals surface area contributed by atoms with E-state index in [1.807, 2.05) is 48.5 Å². The molecule has 0 radical (unpaired) electrons. The Morgan fingerprint density at radius 1 is 1.00 bits per heavy atom. The molecule has 2 aromatic carbocycles. The number of amides is 2. The topological polar surface area (TPSA) is 61.4 Å². The lowest BCUT2D eigenvalue weighted by atomic mass is 9.86. The molecule has 0 unspecified atom stereocenters. The van der Waals surface area contributed by atoms with E-state index in [1.165, 1.54) is 37.7 Å². The van der Waals surface area contributed by atoms with Gasteiger partial charge in [-0.15, -0.1) is 0 Å². The van der Waals surface area contributed by atoms with Crippen molar-refractivity contribution in [3.05, 3.63) is 65.7 Å². The van der Waals surface area contributed by atoms with Crippen molar-refractivity contribution in [1.82, 2.24) is 10.6 Å². The number of hydrogen-bond donors (Lipinski definition) is 2. The van der Waals surface area contributed by atoms with Crippen LogP contribution in [0.4, 0.5) is 5.69 Å². The molecule has 3 rings (SSSR count). The van der Waals surface area contributed by atoms with Crippen LogP contribution >= 0.6 is 12.2 Å². The van der Waals surface area contributed by atoms with Crippen molar-refractivity contribution in [1.29, 1.82) is 0 Å². The normalized spacial score (nSPS) is 13.9. The summed E-state index contributed by atoms with van der Waals surface area (Å²) in [6.07, 6.45) is 8.49. The van der Waals surface area contributed by atoms with Crippen LogP contribution in [0.25, 0.3) is 0 Å². The number of para-hydroxylation sites is 1. The van der Waals surface area contributed by atoms with Gasteiger partial charge in [0.05, 0.1) is 11.3 Å². The van der Waals surface area contributed by atoms with Crippen molar-refractivity contribution in [2.24, 2.45) is 5.92 Å². The van der Waals surface area contributed by atoms with Crippen LogP contribution in [0.1, 0.15) is 60.9 Å². The molecule has 1 fully saturated rings. The molecule has 170 valence electrons. The molecule has 0 bridgehead atoms. The molecule has 2 amide bonds. The van der Waals surface area contributed by atoms with E-state index < -0.39 is 0 Å². The molecule has 0 heterocycles. The van der Waals surface area contributed by atoms with Gasteiger partial charge in [-0.3, -0.25) is 9.59 Å². The fourth-order valence-corrected chi connectivity index (χ4v) is 4.42. The van der Waals surface area contributed by atoms with Gasteiger partial charge < -0.3 is 15.5 Å². The Morgan fingerprint density at radius 2 is 1.69 bits per heavy atom. The molecule has 0 aromatic heterocycles. The molecule has 0 saturated heterocycles. The molecule has 2 N–H and O–H groups in total.